The number of aryl methyl sites for hydroxylation is 1. The molecule has 1 aromatic rings. The van der Waals surface area contributed by atoms with E-state index in [1.807, 2.05) is 31.1 Å². The quantitative estimate of drug-likeness (QED) is 0.894. The average Bonchev–Trinajstić information content (AvgIpc) is 3.20. The smallest absolute Gasteiger partial charge is 0.255 e. The van der Waals surface area contributed by atoms with Crippen molar-refractivity contribution in [3.05, 3.63) is 23.5 Å². The van der Waals surface area contributed by atoms with Crippen molar-refractivity contribution in [3.63, 3.8) is 0 Å². The summed E-state index contributed by atoms with van der Waals surface area (Å²) < 4.78 is 5.40. The highest BCUT2D eigenvalue weighted by Gasteiger charge is 2.29. The van der Waals surface area contributed by atoms with Gasteiger partial charge in [0, 0.05) is 50.4 Å². The van der Waals surface area contributed by atoms with E-state index in [-0.39, 0.29) is 5.91 Å². The van der Waals surface area contributed by atoms with Crippen molar-refractivity contribution in [1.29, 1.82) is 0 Å². The van der Waals surface area contributed by atoms with Gasteiger partial charge < -0.3 is 14.6 Å². The molecule has 2 aliphatic rings. The largest absolute Gasteiger partial charge is 0.379 e. The minimum atomic E-state index is 0.180. The van der Waals surface area contributed by atoms with Gasteiger partial charge in [-0.3, -0.25) is 9.69 Å². The van der Waals surface area contributed by atoms with Crippen molar-refractivity contribution in [1.82, 2.24) is 14.8 Å². The monoisotopic (exact) mass is 323 g/mol. The SMILES string of the molecule is Cc1c[nH]cc1C(=O)N(CCN1CCOCC1)[C@H]1CCSC1. The van der Waals surface area contributed by atoms with Crippen molar-refractivity contribution in [2.75, 3.05) is 50.9 Å². The van der Waals surface area contributed by atoms with E-state index in [0.29, 0.717) is 6.04 Å². The molecular formula is C16H25N3O2S. The summed E-state index contributed by atoms with van der Waals surface area (Å²) in [7, 11) is 0. The van der Waals surface area contributed by atoms with Gasteiger partial charge in [-0.05, 0) is 24.7 Å². The van der Waals surface area contributed by atoms with Crippen molar-refractivity contribution < 1.29 is 9.53 Å². The molecule has 0 bridgehead atoms. The zero-order valence-electron chi connectivity index (χ0n) is 13.2. The summed E-state index contributed by atoms with van der Waals surface area (Å²) in [5, 5.41) is 0. The second-order valence-corrected chi connectivity index (χ2v) is 7.17. The number of hydrogen-bond donors (Lipinski definition) is 1. The molecule has 2 saturated heterocycles. The molecule has 0 radical (unpaired) electrons. The summed E-state index contributed by atoms with van der Waals surface area (Å²) >= 11 is 1.96. The van der Waals surface area contributed by atoms with E-state index in [1.165, 1.54) is 0 Å². The highest BCUT2D eigenvalue weighted by atomic mass is 32.2. The van der Waals surface area contributed by atoms with Gasteiger partial charge in [-0.25, -0.2) is 0 Å². The lowest BCUT2D eigenvalue weighted by Crippen LogP contribution is -2.47. The van der Waals surface area contributed by atoms with Crippen LogP contribution < -0.4 is 0 Å². The number of hydrogen-bond acceptors (Lipinski definition) is 4. The van der Waals surface area contributed by atoms with E-state index in [0.717, 1.165) is 68.4 Å². The topological polar surface area (TPSA) is 48.6 Å². The molecule has 2 fully saturated rings. The highest BCUT2D eigenvalue weighted by molar-refractivity contribution is 7.99. The Bertz CT molecular complexity index is 493. The molecule has 1 amide bonds. The molecule has 2 aliphatic heterocycles. The number of rotatable bonds is 5. The second kappa shape index (κ2) is 7.53. The van der Waals surface area contributed by atoms with Gasteiger partial charge in [0.05, 0.1) is 18.8 Å². The van der Waals surface area contributed by atoms with Gasteiger partial charge in [-0.2, -0.15) is 11.8 Å². The molecule has 1 atom stereocenters. The number of nitrogens with zero attached hydrogens (tertiary/aromatic N) is 2. The van der Waals surface area contributed by atoms with Crippen molar-refractivity contribution in [3.8, 4) is 0 Å². The van der Waals surface area contributed by atoms with Crippen LogP contribution in [0, 0.1) is 6.92 Å². The van der Waals surface area contributed by atoms with Crippen LogP contribution in [0.2, 0.25) is 0 Å². The van der Waals surface area contributed by atoms with Gasteiger partial charge in [0.25, 0.3) is 5.91 Å². The van der Waals surface area contributed by atoms with Crippen LogP contribution in [-0.2, 0) is 4.74 Å². The number of ether oxygens (including phenoxy) is 1. The number of aromatic nitrogens is 1. The lowest BCUT2D eigenvalue weighted by Gasteiger charge is -2.33. The third-order valence-electron chi connectivity index (χ3n) is 4.55. The summed E-state index contributed by atoms with van der Waals surface area (Å²) in [6.07, 6.45) is 4.85. The third-order valence-corrected chi connectivity index (χ3v) is 5.70. The Morgan fingerprint density at radius 1 is 1.45 bits per heavy atom. The predicted octanol–water partition coefficient (Wildman–Crippen LogP) is 1.60. The Morgan fingerprint density at radius 3 is 2.91 bits per heavy atom. The van der Waals surface area contributed by atoms with Crippen LogP contribution in [0.3, 0.4) is 0 Å². The van der Waals surface area contributed by atoms with Gasteiger partial charge in [-0.15, -0.1) is 0 Å². The van der Waals surface area contributed by atoms with E-state index in [4.69, 9.17) is 4.74 Å². The van der Waals surface area contributed by atoms with Crippen LogP contribution in [0.25, 0.3) is 0 Å². The lowest BCUT2D eigenvalue weighted by atomic mass is 10.1. The standard InChI is InChI=1S/C16H25N3O2S/c1-13-10-17-11-15(13)16(20)19(14-2-9-22-12-14)4-3-18-5-7-21-8-6-18/h10-11,14,17H,2-9,12H2,1H3/t14-/m0/s1. The maximum atomic E-state index is 12.9. The summed E-state index contributed by atoms with van der Waals surface area (Å²) in [6.45, 7) is 7.32. The first-order chi connectivity index (χ1) is 10.8. The molecule has 0 aliphatic carbocycles. The normalized spacial score (nSPS) is 22.9. The number of morpholine rings is 1. The van der Waals surface area contributed by atoms with E-state index in [2.05, 4.69) is 14.8 Å². The van der Waals surface area contributed by atoms with Gasteiger partial charge in [0.2, 0.25) is 0 Å². The van der Waals surface area contributed by atoms with E-state index in [1.54, 1.807) is 0 Å². The summed E-state index contributed by atoms with van der Waals surface area (Å²) in [6, 6.07) is 0.382. The number of nitrogens with one attached hydrogen (secondary N) is 1. The van der Waals surface area contributed by atoms with Gasteiger partial charge in [0.1, 0.15) is 0 Å². The number of carbonyl (C=O) groups excluding carboxylic acids is 1. The predicted molar refractivity (Wildman–Crippen MR) is 89.6 cm³/mol. The highest BCUT2D eigenvalue weighted by Crippen LogP contribution is 2.24. The maximum absolute atomic E-state index is 12.9. The van der Waals surface area contributed by atoms with Gasteiger partial charge >= 0.3 is 0 Å². The van der Waals surface area contributed by atoms with Gasteiger partial charge in [0.15, 0.2) is 0 Å². The molecule has 3 heterocycles. The fourth-order valence-electron chi connectivity index (χ4n) is 3.12. The molecule has 1 N–H and O–H groups in total. The minimum Gasteiger partial charge on any atom is -0.379 e. The molecule has 6 heteroatoms. The number of aromatic amines is 1. The first-order valence-electron chi connectivity index (χ1n) is 8.08. The Balaban J connectivity index is 1.66. The number of amides is 1. The zero-order chi connectivity index (χ0) is 15.4. The first-order valence-corrected chi connectivity index (χ1v) is 9.23. The second-order valence-electron chi connectivity index (χ2n) is 6.02. The number of carbonyl (C=O) groups is 1. The van der Waals surface area contributed by atoms with Crippen molar-refractivity contribution >= 4 is 17.7 Å². The van der Waals surface area contributed by atoms with Crippen LogP contribution in [-0.4, -0.2) is 77.6 Å². The van der Waals surface area contributed by atoms with E-state index < -0.39 is 0 Å². The summed E-state index contributed by atoms with van der Waals surface area (Å²) in [5.41, 5.74) is 1.85. The molecule has 122 valence electrons. The van der Waals surface area contributed by atoms with E-state index >= 15 is 0 Å². The average molecular weight is 323 g/mol. The summed E-state index contributed by atoms with van der Waals surface area (Å²) in [4.78, 5) is 20.5. The molecular weight excluding hydrogens is 298 g/mol. The zero-order valence-corrected chi connectivity index (χ0v) is 14.0. The molecule has 22 heavy (non-hydrogen) atoms. The number of H-pyrrole nitrogens is 1. The Morgan fingerprint density at radius 2 is 2.27 bits per heavy atom. The molecule has 0 spiro atoms. The Hall–Kier alpha value is -0.980. The van der Waals surface area contributed by atoms with Gasteiger partial charge in [-0.1, -0.05) is 0 Å². The van der Waals surface area contributed by atoms with Crippen LogP contribution in [0.15, 0.2) is 12.4 Å². The molecule has 0 aromatic carbocycles. The molecule has 0 saturated carbocycles. The fraction of sp³-hybridized carbons (Fsp3) is 0.688. The molecule has 1 aromatic heterocycles. The molecule has 3 rings (SSSR count). The third kappa shape index (κ3) is 3.67. The number of thioether (sulfide) groups is 1. The van der Waals surface area contributed by atoms with Crippen LogP contribution in [0.1, 0.15) is 22.3 Å². The van der Waals surface area contributed by atoms with Crippen LogP contribution in [0.5, 0.6) is 0 Å². The summed E-state index contributed by atoms with van der Waals surface area (Å²) in [5.74, 6) is 2.41. The van der Waals surface area contributed by atoms with E-state index in [9.17, 15) is 4.79 Å². The first kappa shape index (κ1) is 15.9. The molecule has 0 unspecified atom stereocenters. The van der Waals surface area contributed by atoms with Crippen LogP contribution >= 0.6 is 11.8 Å². The minimum absolute atomic E-state index is 0.180. The Labute approximate surface area is 136 Å². The Kier molecular flexibility index (Phi) is 5.44. The van der Waals surface area contributed by atoms with Crippen LogP contribution in [0.4, 0.5) is 0 Å². The lowest BCUT2D eigenvalue weighted by molar-refractivity contribution is 0.0303. The van der Waals surface area contributed by atoms with Crippen molar-refractivity contribution in [2.24, 2.45) is 0 Å². The molecule has 5 nitrogen and oxygen atoms in total. The fourth-order valence-corrected chi connectivity index (χ4v) is 4.34. The maximum Gasteiger partial charge on any atom is 0.255 e. The van der Waals surface area contributed by atoms with Crippen molar-refractivity contribution in [2.45, 2.75) is 19.4 Å².